The van der Waals surface area contributed by atoms with Crippen LogP contribution in [0.3, 0.4) is 0 Å². The van der Waals surface area contributed by atoms with Crippen LogP contribution in [0.25, 0.3) is 0 Å². The highest BCUT2D eigenvalue weighted by atomic mass is 16.4. The molecule has 1 aliphatic rings. The van der Waals surface area contributed by atoms with Crippen LogP contribution >= 0.6 is 0 Å². The highest BCUT2D eigenvalue weighted by Crippen LogP contribution is 2.32. The first kappa shape index (κ1) is 16.0. The number of piperidine rings is 1. The number of carboxylic acids is 1. The van der Waals surface area contributed by atoms with Gasteiger partial charge in [-0.2, -0.15) is 0 Å². The van der Waals surface area contributed by atoms with Crippen LogP contribution in [0.1, 0.15) is 36.5 Å². The van der Waals surface area contributed by atoms with Gasteiger partial charge in [-0.05, 0) is 50.5 Å². The zero-order chi connectivity index (χ0) is 17.1. The summed E-state index contributed by atoms with van der Waals surface area (Å²) in [5, 5.41) is 12.1. The fourth-order valence-electron chi connectivity index (χ4n) is 2.96. The number of carbonyl (C=O) groups is 1. The largest absolute Gasteiger partial charge is 0.478 e. The Bertz CT molecular complexity index is 732. The number of nitrogens with two attached hydrogens (primary N) is 1. The monoisotopic (exact) mass is 327 g/mol. The lowest BCUT2D eigenvalue weighted by atomic mass is 10.0. The minimum atomic E-state index is -0.954. The van der Waals surface area contributed by atoms with Crippen molar-refractivity contribution < 1.29 is 9.90 Å². The lowest BCUT2D eigenvalue weighted by molar-refractivity contribution is 0.0697. The van der Waals surface area contributed by atoms with E-state index in [1.807, 2.05) is 0 Å². The molecule has 0 spiro atoms. The standard InChI is InChI=1S/C17H21N5O2/c1-11-4-2-3-9-22(11)16-14(18)15(19-10-20-16)21-13-7-5-12(6-8-13)17(23)24/h5-8,10-11H,2-4,9,18H2,1H3,(H,23,24)(H,19,20,21). The average molecular weight is 327 g/mol. The van der Waals surface area contributed by atoms with Gasteiger partial charge in [0.2, 0.25) is 0 Å². The Balaban J connectivity index is 1.83. The molecule has 0 aliphatic carbocycles. The molecule has 126 valence electrons. The first-order valence-corrected chi connectivity index (χ1v) is 8.04. The number of benzene rings is 1. The SMILES string of the molecule is CC1CCCCN1c1ncnc(Nc2ccc(C(=O)O)cc2)c1N. The molecular weight excluding hydrogens is 306 g/mol. The second kappa shape index (κ2) is 6.74. The van der Waals surface area contributed by atoms with Crippen molar-refractivity contribution in [1.29, 1.82) is 0 Å². The number of hydrogen-bond donors (Lipinski definition) is 3. The fourth-order valence-corrected chi connectivity index (χ4v) is 2.96. The van der Waals surface area contributed by atoms with Crippen LogP contribution < -0.4 is 16.0 Å². The number of hydrogen-bond acceptors (Lipinski definition) is 6. The van der Waals surface area contributed by atoms with Crippen LogP contribution in [0.2, 0.25) is 0 Å². The van der Waals surface area contributed by atoms with Gasteiger partial charge in [0.05, 0.1) is 5.56 Å². The summed E-state index contributed by atoms with van der Waals surface area (Å²) in [4.78, 5) is 21.7. The summed E-state index contributed by atoms with van der Waals surface area (Å²) in [6.45, 7) is 3.12. The quantitative estimate of drug-likeness (QED) is 0.793. The van der Waals surface area contributed by atoms with Gasteiger partial charge < -0.3 is 21.1 Å². The van der Waals surface area contributed by atoms with Gasteiger partial charge in [0.15, 0.2) is 11.6 Å². The van der Waals surface area contributed by atoms with E-state index in [1.165, 1.54) is 24.9 Å². The zero-order valence-electron chi connectivity index (χ0n) is 13.6. The molecule has 2 heterocycles. The van der Waals surface area contributed by atoms with Gasteiger partial charge in [-0.25, -0.2) is 14.8 Å². The summed E-state index contributed by atoms with van der Waals surface area (Å²) in [5.74, 6) is 0.326. The molecule has 0 bridgehead atoms. The smallest absolute Gasteiger partial charge is 0.335 e. The van der Waals surface area contributed by atoms with E-state index in [2.05, 4.69) is 27.1 Å². The lowest BCUT2D eigenvalue weighted by Crippen LogP contribution is -2.38. The van der Waals surface area contributed by atoms with E-state index in [0.29, 0.717) is 17.5 Å². The van der Waals surface area contributed by atoms with Crippen molar-refractivity contribution >= 4 is 29.0 Å². The highest BCUT2D eigenvalue weighted by molar-refractivity contribution is 5.88. The predicted octanol–water partition coefficient (Wildman–Crippen LogP) is 2.88. The molecular formula is C17H21N5O2. The first-order chi connectivity index (χ1) is 11.6. The third kappa shape index (κ3) is 3.24. The molecule has 0 amide bonds. The van der Waals surface area contributed by atoms with E-state index in [0.717, 1.165) is 30.9 Å². The Kier molecular flexibility index (Phi) is 4.50. The Morgan fingerprint density at radius 3 is 2.71 bits per heavy atom. The lowest BCUT2D eigenvalue weighted by Gasteiger charge is -2.35. The van der Waals surface area contributed by atoms with Crippen LogP contribution in [0, 0.1) is 0 Å². The molecule has 1 aromatic carbocycles. The van der Waals surface area contributed by atoms with Gasteiger partial charge in [-0.3, -0.25) is 0 Å². The maximum absolute atomic E-state index is 10.9. The Labute approximate surface area is 140 Å². The van der Waals surface area contributed by atoms with Crippen molar-refractivity contribution in [3.63, 3.8) is 0 Å². The van der Waals surface area contributed by atoms with E-state index in [4.69, 9.17) is 10.8 Å². The number of anilines is 4. The number of nitrogens with one attached hydrogen (secondary N) is 1. The molecule has 7 nitrogen and oxygen atoms in total. The number of aromatic carboxylic acids is 1. The molecule has 1 saturated heterocycles. The van der Waals surface area contributed by atoms with Gasteiger partial charge in [-0.15, -0.1) is 0 Å². The molecule has 0 saturated carbocycles. The van der Waals surface area contributed by atoms with Crippen molar-refractivity contribution in [1.82, 2.24) is 9.97 Å². The number of aromatic nitrogens is 2. The molecule has 24 heavy (non-hydrogen) atoms. The number of rotatable bonds is 4. The topological polar surface area (TPSA) is 104 Å². The second-order valence-electron chi connectivity index (χ2n) is 6.01. The van der Waals surface area contributed by atoms with E-state index in [1.54, 1.807) is 12.1 Å². The van der Waals surface area contributed by atoms with E-state index >= 15 is 0 Å². The maximum atomic E-state index is 10.9. The summed E-state index contributed by atoms with van der Waals surface area (Å²) in [6, 6.07) is 6.85. The summed E-state index contributed by atoms with van der Waals surface area (Å²) >= 11 is 0. The number of nitrogens with zero attached hydrogens (tertiary/aromatic N) is 3. The van der Waals surface area contributed by atoms with Crippen molar-refractivity contribution in [2.24, 2.45) is 0 Å². The molecule has 1 aliphatic heterocycles. The summed E-state index contributed by atoms with van der Waals surface area (Å²) in [5.41, 5.74) is 7.75. The van der Waals surface area contributed by atoms with Gasteiger partial charge in [0.25, 0.3) is 0 Å². The highest BCUT2D eigenvalue weighted by Gasteiger charge is 2.23. The third-order valence-corrected chi connectivity index (χ3v) is 4.33. The summed E-state index contributed by atoms with van der Waals surface area (Å²) < 4.78 is 0. The predicted molar refractivity (Wildman–Crippen MR) is 93.8 cm³/mol. The molecule has 4 N–H and O–H groups in total. The normalized spacial score (nSPS) is 17.5. The first-order valence-electron chi connectivity index (χ1n) is 8.04. The van der Waals surface area contributed by atoms with Crippen molar-refractivity contribution in [3.05, 3.63) is 36.2 Å². The maximum Gasteiger partial charge on any atom is 0.335 e. The Hall–Kier alpha value is -2.83. The molecule has 1 aromatic heterocycles. The molecule has 0 radical (unpaired) electrons. The molecule has 1 fully saturated rings. The summed E-state index contributed by atoms with van der Waals surface area (Å²) in [7, 11) is 0. The molecule has 7 heteroatoms. The van der Waals surface area contributed by atoms with Crippen molar-refractivity contribution in [2.75, 3.05) is 22.5 Å². The molecule has 2 aromatic rings. The van der Waals surface area contributed by atoms with Gasteiger partial charge in [0.1, 0.15) is 12.0 Å². The second-order valence-corrected chi connectivity index (χ2v) is 6.01. The van der Waals surface area contributed by atoms with E-state index < -0.39 is 5.97 Å². The van der Waals surface area contributed by atoms with Crippen LogP contribution in [-0.4, -0.2) is 33.6 Å². The van der Waals surface area contributed by atoms with Gasteiger partial charge in [-0.1, -0.05) is 0 Å². The zero-order valence-corrected chi connectivity index (χ0v) is 13.6. The van der Waals surface area contributed by atoms with Crippen LogP contribution in [0.5, 0.6) is 0 Å². The van der Waals surface area contributed by atoms with E-state index in [9.17, 15) is 4.79 Å². The van der Waals surface area contributed by atoms with Crippen molar-refractivity contribution in [2.45, 2.75) is 32.2 Å². The van der Waals surface area contributed by atoms with Crippen LogP contribution in [0.4, 0.5) is 23.0 Å². The molecule has 1 atom stereocenters. The van der Waals surface area contributed by atoms with E-state index in [-0.39, 0.29) is 5.56 Å². The van der Waals surface area contributed by atoms with Crippen LogP contribution in [-0.2, 0) is 0 Å². The minimum Gasteiger partial charge on any atom is -0.478 e. The average Bonchev–Trinajstić information content (AvgIpc) is 2.58. The third-order valence-electron chi connectivity index (χ3n) is 4.33. The molecule has 3 rings (SSSR count). The van der Waals surface area contributed by atoms with Crippen LogP contribution in [0.15, 0.2) is 30.6 Å². The number of nitrogen functional groups attached to an aromatic ring is 1. The van der Waals surface area contributed by atoms with Gasteiger partial charge in [0, 0.05) is 18.3 Å². The Morgan fingerprint density at radius 2 is 2.04 bits per heavy atom. The van der Waals surface area contributed by atoms with Crippen molar-refractivity contribution in [3.8, 4) is 0 Å². The fraction of sp³-hybridized carbons (Fsp3) is 0.353. The number of carboxylic acid groups (broad SMARTS) is 1. The summed E-state index contributed by atoms with van der Waals surface area (Å²) in [6.07, 6.45) is 4.99. The molecule has 1 unspecified atom stereocenters. The minimum absolute atomic E-state index is 0.235. The van der Waals surface area contributed by atoms with Gasteiger partial charge >= 0.3 is 5.97 Å². The Morgan fingerprint density at radius 1 is 1.29 bits per heavy atom.